The van der Waals surface area contributed by atoms with Gasteiger partial charge in [0, 0.05) is 6.20 Å². The minimum Gasteiger partial charge on any atom is -0.405 e. The van der Waals surface area contributed by atoms with Crippen molar-refractivity contribution in [3.8, 4) is 0 Å². The lowest BCUT2D eigenvalue weighted by Gasteiger charge is -2.44. The second-order valence-electron chi connectivity index (χ2n) is 9.28. The predicted octanol–water partition coefficient (Wildman–Crippen LogP) is 4.78. The molecule has 1 saturated heterocycles. The first-order valence-electron chi connectivity index (χ1n) is 11.0. The predicted molar refractivity (Wildman–Crippen MR) is 137 cm³/mol. The minimum atomic E-state index is -2.51. The average Bonchev–Trinajstić information content (AvgIpc) is 3.21. The first-order chi connectivity index (χ1) is 14.9. The van der Waals surface area contributed by atoms with E-state index >= 15 is 0 Å². The van der Waals surface area contributed by atoms with E-state index in [4.69, 9.17) is 9.16 Å². The van der Waals surface area contributed by atoms with E-state index in [1.54, 1.807) is 0 Å². The van der Waals surface area contributed by atoms with Gasteiger partial charge in [-0.25, -0.2) is 0 Å². The van der Waals surface area contributed by atoms with Crippen molar-refractivity contribution in [1.29, 1.82) is 0 Å². The number of rotatable bonds is 6. The Hall–Kier alpha value is -1.48. The van der Waals surface area contributed by atoms with Crippen LogP contribution >= 0.6 is 22.6 Å². The highest BCUT2D eigenvalue weighted by Gasteiger charge is 2.50. The normalized spacial score (nSPS) is 20.0. The second-order valence-corrected chi connectivity index (χ2v) is 14.7. The zero-order valence-electron chi connectivity index (χ0n) is 18.5. The van der Waals surface area contributed by atoms with Gasteiger partial charge in [-0.15, -0.1) is 0 Å². The Morgan fingerprint density at radius 2 is 1.61 bits per heavy atom. The highest BCUT2D eigenvalue weighted by atomic mass is 127. The number of benzene rings is 2. The maximum absolute atomic E-state index is 7.04. The summed E-state index contributed by atoms with van der Waals surface area (Å²) in [6.07, 6.45) is 4.22. The van der Waals surface area contributed by atoms with Crippen LogP contribution in [-0.2, 0) is 9.16 Å². The van der Waals surface area contributed by atoms with Crippen LogP contribution < -0.4 is 10.4 Å². The molecule has 2 heterocycles. The molecule has 31 heavy (non-hydrogen) atoms. The van der Waals surface area contributed by atoms with Crippen LogP contribution in [0.15, 0.2) is 72.9 Å². The van der Waals surface area contributed by atoms with E-state index in [0.717, 1.165) is 16.5 Å². The van der Waals surface area contributed by atoms with Crippen molar-refractivity contribution in [1.82, 2.24) is 9.78 Å². The van der Waals surface area contributed by atoms with E-state index in [0.29, 0.717) is 19.3 Å². The third kappa shape index (κ3) is 4.82. The van der Waals surface area contributed by atoms with Crippen LogP contribution in [0.25, 0.3) is 0 Å². The fraction of sp³-hybridized carbons (Fsp3) is 0.400. The topological polar surface area (TPSA) is 36.3 Å². The molecule has 0 N–H and O–H groups in total. The Morgan fingerprint density at radius 1 is 1.00 bits per heavy atom. The zero-order valence-corrected chi connectivity index (χ0v) is 21.7. The molecule has 0 aliphatic carbocycles. The number of hydrogen-bond acceptors (Lipinski definition) is 3. The summed E-state index contributed by atoms with van der Waals surface area (Å²) >= 11 is 2.25. The van der Waals surface area contributed by atoms with Crippen LogP contribution in [0.4, 0.5) is 0 Å². The van der Waals surface area contributed by atoms with Gasteiger partial charge in [0.2, 0.25) is 0 Å². The fourth-order valence-corrected chi connectivity index (χ4v) is 9.63. The van der Waals surface area contributed by atoms with E-state index in [2.05, 4.69) is 115 Å². The van der Waals surface area contributed by atoms with Gasteiger partial charge in [-0.2, -0.15) is 5.10 Å². The van der Waals surface area contributed by atoms with Crippen LogP contribution in [0, 0.1) is 3.70 Å². The average molecular weight is 547 g/mol. The molecule has 0 saturated carbocycles. The highest BCUT2D eigenvalue weighted by molar-refractivity contribution is 14.1. The standard InChI is InChI=1S/C25H31IN2O2Si/c1-25(2,3)31(22-10-6-4-7-11-22,23-12-8-5-9-13-23)30-19-21-15-14-20(18-29-21)28-17-16-24(26)27-28/h4-13,16-17,20-21H,14-15,18-19H2,1-3H3. The Bertz CT molecular complexity index is 924. The number of ether oxygens (including phenoxy) is 1. The number of halogens is 1. The summed E-state index contributed by atoms with van der Waals surface area (Å²) in [6, 6.07) is 24.0. The summed E-state index contributed by atoms with van der Waals surface area (Å²) in [5.74, 6) is 0. The van der Waals surface area contributed by atoms with Crippen molar-refractivity contribution >= 4 is 41.3 Å². The quantitative estimate of drug-likeness (QED) is 0.330. The zero-order chi connectivity index (χ0) is 21.9. The van der Waals surface area contributed by atoms with Crippen LogP contribution in [0.2, 0.25) is 5.04 Å². The van der Waals surface area contributed by atoms with Crippen molar-refractivity contribution in [3.63, 3.8) is 0 Å². The van der Waals surface area contributed by atoms with Crippen molar-refractivity contribution < 1.29 is 9.16 Å². The molecule has 0 amide bonds. The summed E-state index contributed by atoms with van der Waals surface area (Å²) in [4.78, 5) is 0. The lowest BCUT2D eigenvalue weighted by Crippen LogP contribution is -2.67. The molecule has 6 heteroatoms. The molecule has 0 spiro atoms. The third-order valence-electron chi connectivity index (χ3n) is 6.20. The van der Waals surface area contributed by atoms with E-state index in [1.807, 2.05) is 10.7 Å². The molecular formula is C25H31IN2O2Si. The van der Waals surface area contributed by atoms with E-state index in [1.165, 1.54) is 10.4 Å². The molecule has 0 bridgehead atoms. The van der Waals surface area contributed by atoms with E-state index < -0.39 is 8.32 Å². The number of aromatic nitrogens is 2. The first kappa shape index (κ1) is 22.7. The molecule has 1 aliphatic rings. The van der Waals surface area contributed by atoms with Gasteiger partial charge in [0.1, 0.15) is 3.70 Å². The van der Waals surface area contributed by atoms with Crippen molar-refractivity contribution in [3.05, 3.63) is 76.6 Å². The van der Waals surface area contributed by atoms with Gasteiger partial charge in [-0.05, 0) is 56.9 Å². The van der Waals surface area contributed by atoms with Gasteiger partial charge in [-0.3, -0.25) is 4.68 Å². The van der Waals surface area contributed by atoms with Crippen molar-refractivity contribution in [2.75, 3.05) is 13.2 Å². The van der Waals surface area contributed by atoms with Gasteiger partial charge in [0.15, 0.2) is 0 Å². The molecule has 1 aromatic heterocycles. The van der Waals surface area contributed by atoms with Crippen LogP contribution in [0.1, 0.15) is 39.7 Å². The van der Waals surface area contributed by atoms with Gasteiger partial charge < -0.3 is 9.16 Å². The number of hydrogen-bond donors (Lipinski definition) is 0. The van der Waals surface area contributed by atoms with Crippen molar-refractivity contribution in [2.45, 2.75) is 50.8 Å². The molecule has 2 aromatic carbocycles. The van der Waals surface area contributed by atoms with Gasteiger partial charge in [-0.1, -0.05) is 81.4 Å². The van der Waals surface area contributed by atoms with Crippen LogP contribution in [0.3, 0.4) is 0 Å². The molecule has 2 unspecified atom stereocenters. The molecule has 1 aliphatic heterocycles. The fourth-order valence-electron chi connectivity index (χ4n) is 4.63. The number of nitrogens with zero attached hydrogens (tertiary/aromatic N) is 2. The second kappa shape index (κ2) is 9.56. The molecule has 1 fully saturated rings. The van der Waals surface area contributed by atoms with Crippen molar-refractivity contribution in [2.24, 2.45) is 0 Å². The third-order valence-corrected chi connectivity index (χ3v) is 11.8. The highest BCUT2D eigenvalue weighted by Crippen LogP contribution is 2.37. The minimum absolute atomic E-state index is 0.0152. The SMILES string of the molecule is CC(C)(C)[Si](OCC1CCC(n2ccc(I)n2)CO1)(c1ccccc1)c1ccccc1. The summed E-state index contributed by atoms with van der Waals surface area (Å²) in [7, 11) is -2.51. The lowest BCUT2D eigenvalue weighted by molar-refractivity contribution is -0.0378. The molecule has 4 nitrogen and oxygen atoms in total. The monoisotopic (exact) mass is 546 g/mol. The Morgan fingerprint density at radius 3 is 2.06 bits per heavy atom. The van der Waals surface area contributed by atoms with Gasteiger partial charge in [0.05, 0.1) is 25.4 Å². The Kier molecular flexibility index (Phi) is 7.00. The molecule has 2 atom stereocenters. The van der Waals surface area contributed by atoms with Gasteiger partial charge >= 0.3 is 0 Å². The smallest absolute Gasteiger partial charge is 0.261 e. The summed E-state index contributed by atoms with van der Waals surface area (Å²) < 4.78 is 16.4. The first-order valence-corrected chi connectivity index (χ1v) is 14.0. The van der Waals surface area contributed by atoms with E-state index in [-0.39, 0.29) is 11.1 Å². The molecule has 164 valence electrons. The van der Waals surface area contributed by atoms with Crippen LogP contribution in [0.5, 0.6) is 0 Å². The largest absolute Gasteiger partial charge is 0.405 e. The maximum atomic E-state index is 7.04. The van der Waals surface area contributed by atoms with Crippen LogP contribution in [-0.4, -0.2) is 37.4 Å². The van der Waals surface area contributed by atoms with E-state index in [9.17, 15) is 0 Å². The molecular weight excluding hydrogens is 515 g/mol. The molecule has 4 rings (SSSR count). The summed E-state index contributed by atoms with van der Waals surface area (Å²) in [5, 5.41) is 7.17. The molecule has 0 radical (unpaired) electrons. The summed E-state index contributed by atoms with van der Waals surface area (Å²) in [5.41, 5.74) is 0. The van der Waals surface area contributed by atoms with Gasteiger partial charge in [0.25, 0.3) is 8.32 Å². The summed E-state index contributed by atoms with van der Waals surface area (Å²) in [6.45, 7) is 8.26. The molecule has 3 aromatic rings. The Labute approximate surface area is 200 Å². The maximum Gasteiger partial charge on any atom is 0.261 e. The lowest BCUT2D eigenvalue weighted by atomic mass is 10.1. The Balaban J connectivity index is 1.55.